The number of rotatable bonds is 5. The molecule has 1 rings (SSSR count). The van der Waals surface area contributed by atoms with Crippen LogP contribution in [0.4, 0.5) is 24.9 Å². The molecule has 0 atom stereocenters. The van der Waals surface area contributed by atoms with Crippen molar-refractivity contribution in [2.75, 3.05) is 30.8 Å². The molecular formula is C8H10BrF3N4O. The van der Waals surface area contributed by atoms with E-state index in [-0.39, 0.29) is 19.1 Å². The molecule has 17 heavy (non-hydrogen) atoms. The van der Waals surface area contributed by atoms with Crippen molar-refractivity contribution in [3.05, 3.63) is 10.7 Å². The molecule has 0 aromatic carbocycles. The predicted molar refractivity (Wildman–Crippen MR) is 59.5 cm³/mol. The number of anilines is 2. The fourth-order valence-corrected chi connectivity index (χ4v) is 1.27. The smallest absolute Gasteiger partial charge is 0.370 e. The lowest BCUT2D eigenvalue weighted by Gasteiger charge is -2.09. The van der Waals surface area contributed by atoms with Gasteiger partial charge in [-0.2, -0.15) is 18.2 Å². The molecule has 0 radical (unpaired) electrons. The van der Waals surface area contributed by atoms with E-state index in [4.69, 9.17) is 5.73 Å². The van der Waals surface area contributed by atoms with Crippen LogP contribution in [0.15, 0.2) is 10.7 Å². The summed E-state index contributed by atoms with van der Waals surface area (Å²) >= 11 is 3.17. The zero-order valence-electron chi connectivity index (χ0n) is 8.59. The number of nitrogens with two attached hydrogens (primary N) is 1. The molecule has 5 nitrogen and oxygen atoms in total. The first-order chi connectivity index (χ1) is 7.88. The predicted octanol–water partition coefficient (Wildman–Crippen LogP) is 1.81. The quantitative estimate of drug-likeness (QED) is 0.811. The van der Waals surface area contributed by atoms with Gasteiger partial charge in [0, 0.05) is 12.7 Å². The molecule has 1 heterocycles. The maximum Gasteiger partial charge on any atom is 0.411 e. The Kier molecular flexibility index (Phi) is 4.94. The van der Waals surface area contributed by atoms with Gasteiger partial charge in [0.05, 0.1) is 11.1 Å². The summed E-state index contributed by atoms with van der Waals surface area (Å²) in [4.78, 5) is 7.57. The second kappa shape index (κ2) is 6.01. The summed E-state index contributed by atoms with van der Waals surface area (Å²) in [5.74, 6) is 0.486. The van der Waals surface area contributed by atoms with Gasteiger partial charge < -0.3 is 15.8 Å². The summed E-state index contributed by atoms with van der Waals surface area (Å²) in [6, 6.07) is 0. The average Bonchev–Trinajstić information content (AvgIpc) is 2.21. The highest BCUT2D eigenvalue weighted by atomic mass is 79.9. The maximum atomic E-state index is 11.7. The van der Waals surface area contributed by atoms with E-state index in [0.29, 0.717) is 10.3 Å². The molecule has 0 spiro atoms. The first-order valence-electron chi connectivity index (χ1n) is 4.55. The van der Waals surface area contributed by atoms with Crippen LogP contribution in [0.2, 0.25) is 0 Å². The van der Waals surface area contributed by atoms with Crippen LogP contribution in [0, 0.1) is 0 Å². The zero-order chi connectivity index (χ0) is 12.9. The van der Waals surface area contributed by atoms with Gasteiger partial charge in [0.2, 0.25) is 5.95 Å². The first kappa shape index (κ1) is 14.0. The highest BCUT2D eigenvalue weighted by Gasteiger charge is 2.27. The van der Waals surface area contributed by atoms with Crippen LogP contribution < -0.4 is 11.1 Å². The molecule has 0 aliphatic heterocycles. The molecule has 0 aliphatic carbocycles. The minimum Gasteiger partial charge on any atom is -0.370 e. The topological polar surface area (TPSA) is 73.1 Å². The fourth-order valence-electron chi connectivity index (χ4n) is 0.934. The Bertz CT molecular complexity index is 374. The number of nitrogen functional groups attached to an aromatic ring is 1. The Morgan fingerprint density at radius 1 is 1.47 bits per heavy atom. The second-order valence-electron chi connectivity index (χ2n) is 3.02. The van der Waals surface area contributed by atoms with Crippen molar-refractivity contribution in [2.24, 2.45) is 0 Å². The van der Waals surface area contributed by atoms with Gasteiger partial charge >= 0.3 is 6.18 Å². The molecule has 0 saturated carbocycles. The molecule has 0 amide bonds. The number of nitrogens with zero attached hydrogens (tertiary/aromatic N) is 2. The van der Waals surface area contributed by atoms with Crippen LogP contribution in [0.5, 0.6) is 0 Å². The number of halogens is 4. The third kappa shape index (κ3) is 5.68. The van der Waals surface area contributed by atoms with Gasteiger partial charge in [0.15, 0.2) is 0 Å². The average molecular weight is 315 g/mol. The lowest BCUT2D eigenvalue weighted by Crippen LogP contribution is -2.20. The summed E-state index contributed by atoms with van der Waals surface area (Å²) in [5, 5.41) is 2.77. The van der Waals surface area contributed by atoms with Crippen LogP contribution in [-0.4, -0.2) is 35.9 Å². The molecule has 9 heteroatoms. The van der Waals surface area contributed by atoms with Crippen LogP contribution in [0.3, 0.4) is 0 Å². The van der Waals surface area contributed by atoms with Crippen molar-refractivity contribution in [1.82, 2.24) is 9.97 Å². The van der Waals surface area contributed by atoms with Crippen LogP contribution in [0.25, 0.3) is 0 Å². The van der Waals surface area contributed by atoms with Gasteiger partial charge in [-0.25, -0.2) is 4.98 Å². The fraction of sp³-hybridized carbons (Fsp3) is 0.500. The second-order valence-corrected chi connectivity index (χ2v) is 3.87. The molecule has 3 N–H and O–H groups in total. The lowest BCUT2D eigenvalue weighted by molar-refractivity contribution is -0.172. The molecule has 0 saturated heterocycles. The first-order valence-corrected chi connectivity index (χ1v) is 5.34. The summed E-state index contributed by atoms with van der Waals surface area (Å²) in [5.41, 5.74) is 5.35. The van der Waals surface area contributed by atoms with Gasteiger partial charge in [0.1, 0.15) is 12.4 Å². The summed E-state index contributed by atoms with van der Waals surface area (Å²) in [6.45, 7) is -1.16. The van der Waals surface area contributed by atoms with Gasteiger partial charge in [-0.15, -0.1) is 0 Å². The molecule has 0 unspecified atom stereocenters. The molecule has 1 aromatic rings. The van der Waals surface area contributed by atoms with E-state index in [0.717, 1.165) is 0 Å². The van der Waals surface area contributed by atoms with E-state index in [1.807, 2.05) is 0 Å². The number of hydrogen-bond donors (Lipinski definition) is 2. The minimum absolute atomic E-state index is 0.0758. The zero-order valence-corrected chi connectivity index (χ0v) is 10.2. The number of hydrogen-bond acceptors (Lipinski definition) is 5. The van der Waals surface area contributed by atoms with Crippen LogP contribution in [0.1, 0.15) is 0 Å². The molecule has 1 aromatic heterocycles. The van der Waals surface area contributed by atoms with Crippen LogP contribution in [-0.2, 0) is 4.74 Å². The highest BCUT2D eigenvalue weighted by Crippen LogP contribution is 2.18. The number of ether oxygens (including phenoxy) is 1. The summed E-state index contributed by atoms with van der Waals surface area (Å²) < 4.78 is 40.2. The monoisotopic (exact) mass is 314 g/mol. The third-order valence-corrected chi connectivity index (χ3v) is 2.15. The van der Waals surface area contributed by atoms with E-state index in [1.54, 1.807) is 0 Å². The third-order valence-electron chi connectivity index (χ3n) is 1.57. The van der Waals surface area contributed by atoms with E-state index >= 15 is 0 Å². The van der Waals surface area contributed by atoms with Crippen molar-refractivity contribution >= 4 is 27.7 Å². The number of nitrogens with one attached hydrogen (secondary N) is 1. The molecule has 96 valence electrons. The van der Waals surface area contributed by atoms with E-state index in [2.05, 4.69) is 36.0 Å². The van der Waals surface area contributed by atoms with Crippen molar-refractivity contribution in [3.63, 3.8) is 0 Å². The van der Waals surface area contributed by atoms with Crippen molar-refractivity contribution in [2.45, 2.75) is 6.18 Å². The molecule has 0 fully saturated rings. The Morgan fingerprint density at radius 2 is 2.18 bits per heavy atom. The lowest BCUT2D eigenvalue weighted by atomic mass is 10.5. The van der Waals surface area contributed by atoms with E-state index < -0.39 is 12.8 Å². The molecule has 0 bridgehead atoms. The minimum atomic E-state index is -4.31. The van der Waals surface area contributed by atoms with Crippen LogP contribution >= 0.6 is 15.9 Å². The normalized spacial score (nSPS) is 11.5. The number of alkyl halides is 3. The number of aromatic nitrogens is 2. The van der Waals surface area contributed by atoms with Gasteiger partial charge in [-0.3, -0.25) is 0 Å². The van der Waals surface area contributed by atoms with E-state index in [9.17, 15) is 13.2 Å². The Hall–Kier alpha value is -1.09. The van der Waals surface area contributed by atoms with Gasteiger partial charge in [-0.1, -0.05) is 0 Å². The summed E-state index contributed by atoms with van der Waals surface area (Å²) in [6.07, 6.45) is -2.86. The van der Waals surface area contributed by atoms with E-state index in [1.165, 1.54) is 6.20 Å². The standard InChI is InChI=1S/C8H10BrF3N4O/c9-5-3-15-7(13)16-6(5)14-1-2-17-4-8(10,11)12/h3H,1-2,4H2,(H3,13,14,15,16). The Balaban J connectivity index is 2.29. The maximum absolute atomic E-state index is 11.7. The van der Waals surface area contributed by atoms with Crippen molar-refractivity contribution in [1.29, 1.82) is 0 Å². The summed E-state index contributed by atoms with van der Waals surface area (Å²) in [7, 11) is 0. The molecular weight excluding hydrogens is 305 g/mol. The molecule has 0 aliphatic rings. The Labute approximate surface area is 104 Å². The Morgan fingerprint density at radius 3 is 2.82 bits per heavy atom. The highest BCUT2D eigenvalue weighted by molar-refractivity contribution is 9.10. The SMILES string of the molecule is Nc1ncc(Br)c(NCCOCC(F)(F)F)n1. The largest absolute Gasteiger partial charge is 0.411 e. The van der Waals surface area contributed by atoms with Crippen molar-refractivity contribution in [3.8, 4) is 0 Å². The van der Waals surface area contributed by atoms with Gasteiger partial charge in [-0.05, 0) is 15.9 Å². The van der Waals surface area contributed by atoms with Crippen molar-refractivity contribution < 1.29 is 17.9 Å². The van der Waals surface area contributed by atoms with Gasteiger partial charge in [0.25, 0.3) is 0 Å².